The van der Waals surface area contributed by atoms with Crippen molar-refractivity contribution in [2.45, 2.75) is 38.1 Å². The molecule has 0 N–H and O–H groups in total. The Labute approximate surface area is 182 Å². The van der Waals surface area contributed by atoms with Crippen LogP contribution in [0, 0.1) is 0 Å². The third-order valence-corrected chi connectivity index (χ3v) is 5.89. The number of ether oxygens (including phenoxy) is 2. The first-order valence-electron chi connectivity index (χ1n) is 10.7. The Morgan fingerprint density at radius 3 is 2.65 bits per heavy atom. The summed E-state index contributed by atoms with van der Waals surface area (Å²) in [5.74, 6) is 1.68. The Morgan fingerprint density at radius 2 is 1.87 bits per heavy atom. The molecule has 6 heteroatoms. The molecule has 0 radical (unpaired) electrons. The van der Waals surface area contributed by atoms with Crippen LogP contribution in [0.25, 0.3) is 11.3 Å². The second kappa shape index (κ2) is 9.69. The molecule has 31 heavy (non-hydrogen) atoms. The standard InChI is InChI=1S/C25H28N2O4/c1-29-22-14-12-18(16-23(22)30-2)11-13-20-10-6-7-15-27(20)25(28)24-17-21(26-31-24)19-8-4-3-5-9-19/h3-5,8-9,12,14,16-17,20H,6-7,10-11,13,15H2,1-2H3. The van der Waals surface area contributed by atoms with E-state index in [4.69, 9.17) is 14.0 Å². The Bertz CT molecular complexity index is 1020. The molecule has 0 saturated carbocycles. The van der Waals surface area contributed by atoms with E-state index in [0.29, 0.717) is 11.5 Å². The maximum Gasteiger partial charge on any atom is 0.292 e. The Hall–Kier alpha value is -3.28. The van der Waals surface area contributed by atoms with Crippen molar-refractivity contribution in [3.8, 4) is 22.8 Å². The minimum absolute atomic E-state index is 0.0771. The second-order valence-corrected chi connectivity index (χ2v) is 7.82. The van der Waals surface area contributed by atoms with Crippen molar-refractivity contribution in [1.82, 2.24) is 10.1 Å². The number of aromatic nitrogens is 1. The number of likely N-dealkylation sites (tertiary alicyclic amines) is 1. The van der Waals surface area contributed by atoms with Gasteiger partial charge in [0.25, 0.3) is 5.91 Å². The second-order valence-electron chi connectivity index (χ2n) is 7.82. The number of hydrogen-bond acceptors (Lipinski definition) is 5. The number of carbonyl (C=O) groups excluding carboxylic acids is 1. The molecule has 0 aliphatic carbocycles. The van der Waals surface area contributed by atoms with Gasteiger partial charge in [0.05, 0.1) is 14.2 Å². The van der Waals surface area contributed by atoms with Crippen LogP contribution in [0.5, 0.6) is 11.5 Å². The van der Waals surface area contributed by atoms with Gasteiger partial charge >= 0.3 is 0 Å². The van der Waals surface area contributed by atoms with Gasteiger partial charge in [-0.3, -0.25) is 4.79 Å². The van der Waals surface area contributed by atoms with Crippen LogP contribution in [0.4, 0.5) is 0 Å². The molecule has 1 aliphatic rings. The topological polar surface area (TPSA) is 64.8 Å². The van der Waals surface area contributed by atoms with Gasteiger partial charge in [0.2, 0.25) is 5.76 Å². The molecule has 1 saturated heterocycles. The zero-order valence-corrected chi connectivity index (χ0v) is 18.0. The monoisotopic (exact) mass is 420 g/mol. The van der Waals surface area contributed by atoms with Gasteiger partial charge in [-0.15, -0.1) is 0 Å². The zero-order valence-electron chi connectivity index (χ0n) is 18.0. The largest absolute Gasteiger partial charge is 0.493 e. The number of nitrogens with zero attached hydrogens (tertiary/aromatic N) is 2. The number of hydrogen-bond donors (Lipinski definition) is 0. The molecule has 1 amide bonds. The summed E-state index contributed by atoms with van der Waals surface area (Å²) in [7, 11) is 3.28. The molecule has 0 spiro atoms. The molecule has 1 aliphatic heterocycles. The van der Waals surface area contributed by atoms with E-state index in [1.54, 1.807) is 20.3 Å². The van der Waals surface area contributed by atoms with E-state index in [9.17, 15) is 4.79 Å². The van der Waals surface area contributed by atoms with Crippen LogP contribution in [0.3, 0.4) is 0 Å². The quantitative estimate of drug-likeness (QED) is 0.539. The lowest BCUT2D eigenvalue weighted by molar-refractivity contribution is 0.0560. The van der Waals surface area contributed by atoms with Crippen LogP contribution >= 0.6 is 0 Å². The summed E-state index contributed by atoms with van der Waals surface area (Å²) in [5.41, 5.74) is 2.79. The number of benzene rings is 2. The summed E-state index contributed by atoms with van der Waals surface area (Å²) in [6, 6.07) is 17.7. The molecule has 1 atom stereocenters. The number of rotatable bonds is 7. The van der Waals surface area contributed by atoms with Crippen molar-refractivity contribution in [3.05, 3.63) is 65.9 Å². The lowest BCUT2D eigenvalue weighted by Crippen LogP contribution is -2.43. The summed E-state index contributed by atoms with van der Waals surface area (Å²) < 4.78 is 16.2. The summed E-state index contributed by atoms with van der Waals surface area (Å²) in [5, 5.41) is 4.11. The fourth-order valence-corrected chi connectivity index (χ4v) is 4.20. The highest BCUT2D eigenvalue weighted by Gasteiger charge is 2.29. The van der Waals surface area contributed by atoms with Gasteiger partial charge in [0.15, 0.2) is 11.5 Å². The molecule has 1 aromatic heterocycles. The van der Waals surface area contributed by atoms with Gasteiger partial charge in [-0.2, -0.15) is 0 Å². The van der Waals surface area contributed by atoms with E-state index in [-0.39, 0.29) is 11.9 Å². The van der Waals surface area contributed by atoms with Gasteiger partial charge in [-0.25, -0.2) is 0 Å². The summed E-state index contributed by atoms with van der Waals surface area (Å²) >= 11 is 0. The summed E-state index contributed by atoms with van der Waals surface area (Å²) in [6.45, 7) is 0.747. The average Bonchev–Trinajstić information content (AvgIpc) is 3.33. The van der Waals surface area contributed by atoms with Crippen LogP contribution in [0.15, 0.2) is 59.1 Å². The lowest BCUT2D eigenvalue weighted by Gasteiger charge is -2.35. The highest BCUT2D eigenvalue weighted by Crippen LogP contribution is 2.30. The van der Waals surface area contributed by atoms with Crippen molar-refractivity contribution in [3.63, 3.8) is 0 Å². The highest BCUT2D eigenvalue weighted by molar-refractivity contribution is 5.92. The SMILES string of the molecule is COc1ccc(CCC2CCCCN2C(=O)c2cc(-c3ccccc3)no2)cc1OC. The van der Waals surface area contributed by atoms with Crippen LogP contribution in [0.2, 0.25) is 0 Å². The normalized spacial score (nSPS) is 16.2. The van der Waals surface area contributed by atoms with Gasteiger partial charge in [-0.1, -0.05) is 41.6 Å². The fourth-order valence-electron chi connectivity index (χ4n) is 4.20. The van der Waals surface area contributed by atoms with E-state index in [2.05, 4.69) is 11.2 Å². The summed E-state index contributed by atoms with van der Waals surface area (Å²) in [6.07, 6.45) is 4.89. The zero-order chi connectivity index (χ0) is 21.6. The molecule has 2 heterocycles. The molecule has 1 unspecified atom stereocenters. The number of carbonyl (C=O) groups is 1. The molecule has 2 aromatic carbocycles. The highest BCUT2D eigenvalue weighted by atomic mass is 16.5. The predicted octanol–water partition coefficient (Wildman–Crippen LogP) is 4.99. The van der Waals surface area contributed by atoms with Crippen molar-refractivity contribution >= 4 is 5.91 Å². The van der Waals surface area contributed by atoms with E-state index < -0.39 is 0 Å². The Morgan fingerprint density at radius 1 is 1.06 bits per heavy atom. The van der Waals surface area contributed by atoms with Gasteiger partial charge in [0, 0.05) is 24.2 Å². The lowest BCUT2D eigenvalue weighted by atomic mass is 9.95. The van der Waals surface area contributed by atoms with Crippen LogP contribution in [-0.4, -0.2) is 42.8 Å². The van der Waals surface area contributed by atoms with Crippen molar-refractivity contribution in [1.29, 1.82) is 0 Å². The van der Waals surface area contributed by atoms with Gasteiger partial charge in [0.1, 0.15) is 5.69 Å². The van der Waals surface area contributed by atoms with Crippen molar-refractivity contribution < 1.29 is 18.8 Å². The van der Waals surface area contributed by atoms with E-state index in [0.717, 1.165) is 55.7 Å². The van der Waals surface area contributed by atoms with E-state index in [1.807, 2.05) is 47.4 Å². The van der Waals surface area contributed by atoms with E-state index >= 15 is 0 Å². The third kappa shape index (κ3) is 4.74. The smallest absolute Gasteiger partial charge is 0.292 e. The van der Waals surface area contributed by atoms with Gasteiger partial charge in [-0.05, 0) is 49.8 Å². The van der Waals surface area contributed by atoms with Crippen LogP contribution in [-0.2, 0) is 6.42 Å². The minimum atomic E-state index is -0.0771. The first kappa shape index (κ1) is 21.0. The summed E-state index contributed by atoms with van der Waals surface area (Å²) in [4.78, 5) is 15.2. The third-order valence-electron chi connectivity index (χ3n) is 5.89. The van der Waals surface area contributed by atoms with E-state index in [1.165, 1.54) is 5.56 Å². The Balaban J connectivity index is 1.45. The molecular formula is C25H28N2O4. The van der Waals surface area contributed by atoms with Gasteiger partial charge < -0.3 is 18.9 Å². The number of aryl methyl sites for hydroxylation is 1. The van der Waals surface area contributed by atoms with Crippen molar-refractivity contribution in [2.75, 3.05) is 20.8 Å². The average molecular weight is 421 g/mol. The fraction of sp³-hybridized carbons (Fsp3) is 0.360. The predicted molar refractivity (Wildman–Crippen MR) is 118 cm³/mol. The number of piperidine rings is 1. The van der Waals surface area contributed by atoms with Crippen LogP contribution in [0.1, 0.15) is 41.8 Å². The first-order valence-corrected chi connectivity index (χ1v) is 10.7. The molecule has 162 valence electrons. The van der Waals surface area contributed by atoms with Crippen LogP contribution < -0.4 is 9.47 Å². The molecule has 0 bridgehead atoms. The number of methoxy groups -OCH3 is 2. The minimum Gasteiger partial charge on any atom is -0.493 e. The molecule has 6 nitrogen and oxygen atoms in total. The molecule has 4 rings (SSSR count). The maximum absolute atomic E-state index is 13.2. The number of amides is 1. The Kier molecular flexibility index (Phi) is 6.55. The van der Waals surface area contributed by atoms with Crippen molar-refractivity contribution in [2.24, 2.45) is 0 Å². The molecular weight excluding hydrogens is 392 g/mol. The first-order chi connectivity index (χ1) is 15.2. The molecule has 1 fully saturated rings. The molecule has 3 aromatic rings. The maximum atomic E-state index is 13.2.